The molecule has 1 amide bonds. The third-order valence-electron chi connectivity index (χ3n) is 4.50. The van der Waals surface area contributed by atoms with Gasteiger partial charge < -0.3 is 9.32 Å². The van der Waals surface area contributed by atoms with Crippen LogP contribution in [-0.4, -0.2) is 45.6 Å². The van der Waals surface area contributed by atoms with E-state index in [1.165, 1.54) is 4.68 Å². The molecule has 0 saturated carbocycles. The Balaban J connectivity index is 1.61. The van der Waals surface area contributed by atoms with E-state index in [4.69, 9.17) is 4.42 Å². The van der Waals surface area contributed by atoms with Gasteiger partial charge in [0.05, 0.1) is 18.8 Å². The summed E-state index contributed by atoms with van der Waals surface area (Å²) >= 11 is 0. The number of aryl methyl sites for hydroxylation is 2. The van der Waals surface area contributed by atoms with Crippen molar-refractivity contribution in [3.63, 3.8) is 0 Å². The molecule has 1 aliphatic heterocycles. The van der Waals surface area contributed by atoms with Crippen LogP contribution in [0.25, 0.3) is 0 Å². The lowest BCUT2D eigenvalue weighted by molar-refractivity contribution is -0.132. The summed E-state index contributed by atoms with van der Waals surface area (Å²) in [6.45, 7) is 6.50. The quantitative estimate of drug-likeness (QED) is 0.814. The minimum atomic E-state index is -0.0836. The lowest BCUT2D eigenvalue weighted by Gasteiger charge is -2.29. The Bertz CT molecular complexity index is 824. The number of rotatable bonds is 5. The number of nitrogens with zero attached hydrogens (tertiary/aromatic N) is 4. The number of carbonyl (C=O) groups excluding carboxylic acids is 1. The van der Waals surface area contributed by atoms with Crippen molar-refractivity contribution in [1.82, 2.24) is 19.6 Å². The first kappa shape index (κ1) is 17.4. The second-order valence-corrected chi connectivity index (χ2v) is 6.49. The first-order valence-electron chi connectivity index (χ1n) is 8.58. The van der Waals surface area contributed by atoms with Gasteiger partial charge in [0.2, 0.25) is 5.91 Å². The second kappa shape index (κ2) is 7.23. The lowest BCUT2D eigenvalue weighted by Crippen LogP contribution is -2.41. The Morgan fingerprint density at radius 3 is 2.88 bits per heavy atom. The molecular weight excluding hydrogens is 320 g/mol. The second-order valence-electron chi connectivity index (χ2n) is 6.49. The molecule has 3 heterocycles. The maximum Gasteiger partial charge on any atom is 0.267 e. The van der Waals surface area contributed by atoms with Crippen LogP contribution in [0.3, 0.4) is 0 Å². The number of likely N-dealkylation sites (N-methyl/N-ethyl adjacent to an activating group) is 1. The first-order chi connectivity index (χ1) is 12.0. The van der Waals surface area contributed by atoms with Gasteiger partial charge in [0, 0.05) is 39.2 Å². The molecule has 0 N–H and O–H groups in total. The molecule has 0 atom stereocenters. The average Bonchev–Trinajstić information content (AvgIpc) is 2.99. The van der Waals surface area contributed by atoms with Gasteiger partial charge in [-0.1, -0.05) is 0 Å². The largest absolute Gasteiger partial charge is 0.464 e. The van der Waals surface area contributed by atoms with E-state index in [0.29, 0.717) is 26.2 Å². The predicted molar refractivity (Wildman–Crippen MR) is 93.1 cm³/mol. The summed E-state index contributed by atoms with van der Waals surface area (Å²) in [5.74, 6) is 1.66. The molecule has 0 spiro atoms. The zero-order chi connectivity index (χ0) is 18.0. The third kappa shape index (κ3) is 3.99. The zero-order valence-electron chi connectivity index (χ0n) is 15.0. The zero-order valence-corrected chi connectivity index (χ0v) is 15.0. The molecule has 0 bridgehead atoms. The summed E-state index contributed by atoms with van der Waals surface area (Å²) in [7, 11) is 1.78. The number of furan rings is 1. The van der Waals surface area contributed by atoms with Gasteiger partial charge in [-0.05, 0) is 31.5 Å². The third-order valence-corrected chi connectivity index (χ3v) is 4.50. The topological polar surface area (TPSA) is 71.6 Å². The molecule has 134 valence electrons. The molecule has 1 aliphatic rings. The molecule has 0 saturated heterocycles. The smallest absolute Gasteiger partial charge is 0.267 e. The van der Waals surface area contributed by atoms with E-state index in [9.17, 15) is 9.59 Å². The molecular formula is C18H24N4O3. The molecule has 7 nitrogen and oxygen atoms in total. The number of aromatic nitrogens is 2. The minimum absolute atomic E-state index is 0.0346. The monoisotopic (exact) mass is 344 g/mol. The highest BCUT2D eigenvalue weighted by atomic mass is 16.3. The van der Waals surface area contributed by atoms with E-state index >= 15 is 0 Å². The SMILES string of the molecule is CCn1nc2c(cc1=O)CN(CC(=O)N(C)Cc1ccc(C)o1)CC2. The molecule has 2 aromatic heterocycles. The number of hydrogen-bond acceptors (Lipinski definition) is 5. The van der Waals surface area contributed by atoms with Crippen molar-refractivity contribution < 1.29 is 9.21 Å². The predicted octanol–water partition coefficient (Wildman–Crippen LogP) is 1.18. The molecule has 0 radical (unpaired) electrons. The van der Waals surface area contributed by atoms with Crippen molar-refractivity contribution in [2.45, 2.75) is 39.9 Å². The average molecular weight is 344 g/mol. The van der Waals surface area contributed by atoms with Gasteiger partial charge in [-0.15, -0.1) is 0 Å². The van der Waals surface area contributed by atoms with Crippen LogP contribution < -0.4 is 5.56 Å². The molecule has 0 aromatic carbocycles. The van der Waals surface area contributed by atoms with Crippen LogP contribution in [0, 0.1) is 6.92 Å². The van der Waals surface area contributed by atoms with E-state index in [-0.39, 0.29) is 11.5 Å². The van der Waals surface area contributed by atoms with Crippen LogP contribution in [0.15, 0.2) is 27.4 Å². The lowest BCUT2D eigenvalue weighted by atomic mass is 10.1. The summed E-state index contributed by atoms with van der Waals surface area (Å²) in [6.07, 6.45) is 0.754. The normalized spacial score (nSPS) is 14.4. The van der Waals surface area contributed by atoms with E-state index in [2.05, 4.69) is 10.00 Å². The molecule has 3 rings (SSSR count). The van der Waals surface area contributed by atoms with E-state index in [1.54, 1.807) is 18.0 Å². The van der Waals surface area contributed by atoms with Crippen LogP contribution in [0.1, 0.15) is 29.7 Å². The highest BCUT2D eigenvalue weighted by Gasteiger charge is 2.22. The molecule has 0 unspecified atom stereocenters. The standard InChI is InChI=1S/C18H24N4O3/c1-4-22-17(23)9-14-10-21(8-7-16(14)19-22)12-18(24)20(3)11-15-6-5-13(2)25-15/h5-6,9H,4,7-8,10-12H2,1-3H3. The number of fused-ring (bicyclic) bond motifs is 1. The number of carbonyl (C=O) groups is 1. The van der Waals surface area contributed by atoms with Gasteiger partial charge in [0.25, 0.3) is 5.56 Å². The summed E-state index contributed by atoms with van der Waals surface area (Å²) in [5, 5.41) is 4.41. The van der Waals surface area contributed by atoms with Crippen LogP contribution in [0.2, 0.25) is 0 Å². The fourth-order valence-corrected chi connectivity index (χ4v) is 3.06. The van der Waals surface area contributed by atoms with Crippen LogP contribution in [0.5, 0.6) is 0 Å². The van der Waals surface area contributed by atoms with Gasteiger partial charge in [0.15, 0.2) is 0 Å². The molecule has 7 heteroatoms. The van der Waals surface area contributed by atoms with E-state index in [1.807, 2.05) is 26.0 Å². The van der Waals surface area contributed by atoms with Crippen molar-refractivity contribution in [2.24, 2.45) is 0 Å². The van der Waals surface area contributed by atoms with Gasteiger partial charge in [-0.25, -0.2) is 4.68 Å². The van der Waals surface area contributed by atoms with Gasteiger partial charge in [-0.2, -0.15) is 5.10 Å². The van der Waals surface area contributed by atoms with Gasteiger partial charge in [0.1, 0.15) is 11.5 Å². The summed E-state index contributed by atoms with van der Waals surface area (Å²) < 4.78 is 7.01. The summed E-state index contributed by atoms with van der Waals surface area (Å²) in [4.78, 5) is 28.2. The fraction of sp³-hybridized carbons (Fsp3) is 0.500. The van der Waals surface area contributed by atoms with Gasteiger partial charge in [-0.3, -0.25) is 14.5 Å². The molecule has 25 heavy (non-hydrogen) atoms. The minimum Gasteiger partial charge on any atom is -0.464 e. The number of amides is 1. The Kier molecular flexibility index (Phi) is 5.03. The first-order valence-corrected chi connectivity index (χ1v) is 8.58. The van der Waals surface area contributed by atoms with Crippen molar-refractivity contribution >= 4 is 5.91 Å². The summed E-state index contributed by atoms with van der Waals surface area (Å²) in [6, 6.07) is 5.43. The van der Waals surface area contributed by atoms with Crippen molar-refractivity contribution in [2.75, 3.05) is 20.1 Å². The maximum absolute atomic E-state index is 12.5. The van der Waals surface area contributed by atoms with Crippen LogP contribution >= 0.6 is 0 Å². The van der Waals surface area contributed by atoms with Crippen molar-refractivity contribution in [3.05, 3.63) is 51.3 Å². The highest BCUT2D eigenvalue weighted by Crippen LogP contribution is 2.15. The van der Waals surface area contributed by atoms with Crippen molar-refractivity contribution in [1.29, 1.82) is 0 Å². The van der Waals surface area contributed by atoms with Crippen LogP contribution in [-0.2, 0) is 30.8 Å². The molecule has 0 aliphatic carbocycles. The summed E-state index contributed by atoms with van der Waals surface area (Å²) in [5.41, 5.74) is 1.81. The Morgan fingerprint density at radius 1 is 1.40 bits per heavy atom. The van der Waals surface area contributed by atoms with E-state index in [0.717, 1.165) is 35.7 Å². The van der Waals surface area contributed by atoms with Crippen molar-refractivity contribution in [3.8, 4) is 0 Å². The molecule has 0 fully saturated rings. The van der Waals surface area contributed by atoms with Gasteiger partial charge >= 0.3 is 0 Å². The maximum atomic E-state index is 12.5. The highest BCUT2D eigenvalue weighted by molar-refractivity contribution is 5.78. The molecule has 2 aromatic rings. The fourth-order valence-electron chi connectivity index (χ4n) is 3.06. The Labute approximate surface area is 146 Å². The number of hydrogen-bond donors (Lipinski definition) is 0. The Morgan fingerprint density at radius 2 is 2.20 bits per heavy atom. The van der Waals surface area contributed by atoms with Crippen LogP contribution in [0.4, 0.5) is 0 Å². The Hall–Kier alpha value is -2.41. The van der Waals surface area contributed by atoms with E-state index < -0.39 is 0 Å².